The Hall–Kier alpha value is -2.98. The van der Waals surface area contributed by atoms with E-state index in [1.54, 1.807) is 0 Å². The number of phenolic OH excluding ortho intramolecular Hbond substituents is 3. The van der Waals surface area contributed by atoms with Gasteiger partial charge in [0.1, 0.15) is 36.9 Å². The zero-order chi connectivity index (χ0) is 22.9. The number of aromatic hydroxyl groups is 3. The molecule has 0 aliphatic carbocycles. The van der Waals surface area contributed by atoms with Crippen LogP contribution in [0, 0.1) is 41.5 Å². The van der Waals surface area contributed by atoms with Crippen LogP contribution in [-0.2, 0) is 19.6 Å². The van der Waals surface area contributed by atoms with Gasteiger partial charge in [-0.3, -0.25) is 0 Å². The summed E-state index contributed by atoms with van der Waals surface area (Å²) in [6.45, 7) is 13.6. The summed E-state index contributed by atoms with van der Waals surface area (Å²) in [6, 6.07) is 12.0. The van der Waals surface area contributed by atoms with Gasteiger partial charge in [0.15, 0.2) is 0 Å². The molecule has 0 spiro atoms. The maximum absolute atomic E-state index is 10.7. The first-order valence-corrected chi connectivity index (χ1v) is 10.8. The van der Waals surface area contributed by atoms with Crippen LogP contribution in [0.5, 0.6) is 17.2 Å². The molecule has 0 aliphatic heterocycles. The molecule has 0 bridgehead atoms. The van der Waals surface area contributed by atoms with Crippen LogP contribution in [0.1, 0.15) is 50.1 Å². The SMILES string of the molecule is Cc1cc(C)c(O)c(C[NH+](Cc2cc(C)cc(C)c2O)Cc2cc(C)cc(C)c2O)c1. The van der Waals surface area contributed by atoms with Crippen molar-refractivity contribution in [2.45, 2.75) is 61.2 Å². The fourth-order valence-electron chi connectivity index (χ4n) is 4.54. The molecule has 31 heavy (non-hydrogen) atoms. The number of nitrogens with one attached hydrogen (secondary N) is 1. The maximum atomic E-state index is 10.7. The van der Waals surface area contributed by atoms with E-state index in [9.17, 15) is 15.3 Å². The number of aryl methyl sites for hydroxylation is 6. The molecule has 0 saturated heterocycles. The third-order valence-electron chi connectivity index (χ3n) is 5.89. The molecule has 4 N–H and O–H groups in total. The topological polar surface area (TPSA) is 65.1 Å². The molecule has 0 heterocycles. The third kappa shape index (κ3) is 5.20. The molecule has 3 aromatic rings. The van der Waals surface area contributed by atoms with Gasteiger partial charge in [0.05, 0.1) is 0 Å². The zero-order valence-corrected chi connectivity index (χ0v) is 19.4. The summed E-state index contributed by atoms with van der Waals surface area (Å²) in [5.74, 6) is 0.951. The highest BCUT2D eigenvalue weighted by atomic mass is 16.3. The summed E-state index contributed by atoms with van der Waals surface area (Å²) >= 11 is 0. The van der Waals surface area contributed by atoms with Gasteiger partial charge in [0.25, 0.3) is 0 Å². The normalized spacial score (nSPS) is 11.3. The van der Waals surface area contributed by atoms with E-state index in [0.717, 1.165) is 55.0 Å². The summed E-state index contributed by atoms with van der Waals surface area (Å²) < 4.78 is 0. The second-order valence-corrected chi connectivity index (χ2v) is 9.05. The van der Waals surface area contributed by atoms with E-state index in [4.69, 9.17) is 0 Å². The second-order valence-electron chi connectivity index (χ2n) is 9.05. The molecule has 0 saturated carbocycles. The standard InChI is InChI=1S/C27H33NO3/c1-16-7-19(4)25(29)22(10-16)13-28(14-23-11-17(2)8-20(5)26(23)30)15-24-12-18(3)9-21(6)27(24)31/h7-12,29-31H,13-15H2,1-6H3/p+1. The lowest BCUT2D eigenvalue weighted by Gasteiger charge is -2.23. The molecular weight excluding hydrogens is 386 g/mol. The Labute approximate surface area is 185 Å². The van der Waals surface area contributed by atoms with E-state index >= 15 is 0 Å². The smallest absolute Gasteiger partial charge is 0.127 e. The molecule has 0 aliphatic rings. The quantitative estimate of drug-likeness (QED) is 0.477. The van der Waals surface area contributed by atoms with Gasteiger partial charge >= 0.3 is 0 Å². The summed E-state index contributed by atoms with van der Waals surface area (Å²) in [5.41, 5.74) is 8.52. The van der Waals surface area contributed by atoms with E-state index < -0.39 is 0 Å². The minimum Gasteiger partial charge on any atom is -0.507 e. The van der Waals surface area contributed by atoms with Crippen molar-refractivity contribution in [3.05, 3.63) is 86.5 Å². The molecular formula is C27H34NO3+. The van der Waals surface area contributed by atoms with Crippen molar-refractivity contribution in [3.8, 4) is 17.2 Å². The summed E-state index contributed by atoms with van der Waals surface area (Å²) in [7, 11) is 0. The number of hydrogen-bond acceptors (Lipinski definition) is 3. The molecule has 3 rings (SSSR count). The third-order valence-corrected chi connectivity index (χ3v) is 5.89. The van der Waals surface area contributed by atoms with Crippen LogP contribution >= 0.6 is 0 Å². The summed E-state index contributed by atoms with van der Waals surface area (Å²) in [4.78, 5) is 1.13. The molecule has 164 valence electrons. The van der Waals surface area contributed by atoms with Gasteiger partial charge in [-0.1, -0.05) is 34.9 Å². The zero-order valence-electron chi connectivity index (χ0n) is 19.4. The van der Waals surface area contributed by atoms with Crippen molar-refractivity contribution in [2.75, 3.05) is 0 Å². The Morgan fingerprint density at radius 2 is 0.742 bits per heavy atom. The van der Waals surface area contributed by atoms with Gasteiger partial charge in [0.2, 0.25) is 0 Å². The van der Waals surface area contributed by atoms with E-state index in [1.807, 2.05) is 77.9 Å². The van der Waals surface area contributed by atoms with Gasteiger partial charge < -0.3 is 20.2 Å². The average Bonchev–Trinajstić information content (AvgIpc) is 2.67. The minimum absolute atomic E-state index is 0.317. The van der Waals surface area contributed by atoms with E-state index in [1.165, 1.54) is 0 Å². The molecule has 0 unspecified atom stereocenters. The Morgan fingerprint density at radius 3 is 1.00 bits per heavy atom. The Bertz CT molecular complexity index is 977. The Morgan fingerprint density at radius 1 is 0.484 bits per heavy atom. The number of phenols is 3. The van der Waals surface area contributed by atoms with Gasteiger partial charge in [-0.15, -0.1) is 0 Å². The number of hydrogen-bond donors (Lipinski definition) is 4. The van der Waals surface area contributed by atoms with E-state index in [-0.39, 0.29) is 0 Å². The van der Waals surface area contributed by atoms with Crippen LogP contribution in [0.2, 0.25) is 0 Å². The van der Waals surface area contributed by atoms with Gasteiger partial charge in [-0.05, 0) is 76.4 Å². The van der Waals surface area contributed by atoms with Crippen LogP contribution in [0.3, 0.4) is 0 Å². The molecule has 4 heteroatoms. The second kappa shape index (κ2) is 9.03. The maximum Gasteiger partial charge on any atom is 0.127 e. The Balaban J connectivity index is 2.02. The first-order valence-electron chi connectivity index (χ1n) is 10.8. The van der Waals surface area contributed by atoms with E-state index in [0.29, 0.717) is 36.9 Å². The number of rotatable bonds is 6. The van der Waals surface area contributed by atoms with Gasteiger partial charge in [-0.2, -0.15) is 0 Å². The predicted molar refractivity (Wildman–Crippen MR) is 125 cm³/mol. The lowest BCUT2D eigenvalue weighted by molar-refractivity contribution is -0.941. The lowest BCUT2D eigenvalue weighted by Crippen LogP contribution is -3.08. The fraction of sp³-hybridized carbons (Fsp3) is 0.333. The molecule has 0 radical (unpaired) electrons. The highest BCUT2D eigenvalue weighted by Crippen LogP contribution is 2.26. The van der Waals surface area contributed by atoms with Crippen LogP contribution in [0.15, 0.2) is 36.4 Å². The van der Waals surface area contributed by atoms with Crippen LogP contribution in [-0.4, -0.2) is 15.3 Å². The molecule has 0 atom stereocenters. The first-order chi connectivity index (χ1) is 14.5. The highest BCUT2D eigenvalue weighted by Gasteiger charge is 2.20. The van der Waals surface area contributed by atoms with Crippen LogP contribution in [0.4, 0.5) is 0 Å². The average molecular weight is 421 g/mol. The first kappa shape index (κ1) is 22.7. The lowest BCUT2D eigenvalue weighted by atomic mass is 10.0. The van der Waals surface area contributed by atoms with Crippen molar-refractivity contribution >= 4 is 0 Å². The highest BCUT2D eigenvalue weighted by molar-refractivity contribution is 5.44. The molecule has 3 aromatic carbocycles. The van der Waals surface area contributed by atoms with Crippen molar-refractivity contribution < 1.29 is 20.2 Å². The van der Waals surface area contributed by atoms with Gasteiger partial charge in [0, 0.05) is 16.7 Å². The van der Waals surface area contributed by atoms with E-state index in [2.05, 4.69) is 0 Å². The minimum atomic E-state index is 0.317. The Kier molecular flexibility index (Phi) is 6.61. The number of quaternary nitrogens is 1. The summed E-state index contributed by atoms with van der Waals surface area (Å²) in [5, 5.41) is 32.0. The monoisotopic (exact) mass is 420 g/mol. The number of benzene rings is 3. The van der Waals surface area contributed by atoms with Crippen LogP contribution in [0.25, 0.3) is 0 Å². The van der Waals surface area contributed by atoms with Crippen molar-refractivity contribution in [1.82, 2.24) is 0 Å². The largest absolute Gasteiger partial charge is 0.507 e. The summed E-state index contributed by atoms with van der Waals surface area (Å²) in [6.07, 6.45) is 0. The van der Waals surface area contributed by atoms with Crippen molar-refractivity contribution in [3.63, 3.8) is 0 Å². The van der Waals surface area contributed by atoms with Crippen molar-refractivity contribution in [1.29, 1.82) is 0 Å². The predicted octanol–water partition coefficient (Wildman–Crippen LogP) is 4.44. The molecule has 0 aromatic heterocycles. The van der Waals surface area contributed by atoms with Gasteiger partial charge in [-0.25, -0.2) is 0 Å². The van der Waals surface area contributed by atoms with Crippen LogP contribution < -0.4 is 4.90 Å². The molecule has 0 fully saturated rings. The molecule has 4 nitrogen and oxygen atoms in total. The molecule has 0 amide bonds. The fourth-order valence-corrected chi connectivity index (χ4v) is 4.54. The van der Waals surface area contributed by atoms with Crippen molar-refractivity contribution in [2.24, 2.45) is 0 Å².